The fourth-order valence-corrected chi connectivity index (χ4v) is 5.57. The largest absolute Gasteiger partial charge is 0.494 e. The number of halogens is 1. The SMILES string of the molecule is COc1ccc(C)c2sc(N(CCN3CCOCC3)C(=O)Cc3cccc4ccccc34)nc12.Cl. The van der Waals surface area contributed by atoms with E-state index in [0.29, 0.717) is 13.0 Å². The molecule has 0 unspecified atom stereocenters. The van der Waals surface area contributed by atoms with Crippen molar-refractivity contribution in [2.24, 2.45) is 0 Å². The van der Waals surface area contributed by atoms with Crippen LogP contribution in [0, 0.1) is 6.92 Å². The smallest absolute Gasteiger partial charge is 0.233 e. The number of aromatic nitrogens is 1. The monoisotopic (exact) mass is 511 g/mol. The quantitative estimate of drug-likeness (QED) is 0.345. The minimum Gasteiger partial charge on any atom is -0.494 e. The first kappa shape index (κ1) is 25.4. The number of anilines is 1. The lowest BCUT2D eigenvalue weighted by atomic mass is 10.0. The Bertz CT molecular complexity index is 1310. The maximum atomic E-state index is 13.8. The average Bonchev–Trinajstić information content (AvgIpc) is 3.31. The Labute approximate surface area is 215 Å². The maximum Gasteiger partial charge on any atom is 0.233 e. The molecule has 8 heteroatoms. The molecular formula is C27H30ClN3O3S. The van der Waals surface area contributed by atoms with Crippen LogP contribution < -0.4 is 9.64 Å². The van der Waals surface area contributed by atoms with Gasteiger partial charge >= 0.3 is 0 Å². The van der Waals surface area contributed by atoms with E-state index in [-0.39, 0.29) is 18.3 Å². The molecule has 0 aliphatic carbocycles. The van der Waals surface area contributed by atoms with Crippen molar-refractivity contribution in [2.75, 3.05) is 51.4 Å². The molecule has 0 saturated carbocycles. The second-order valence-electron chi connectivity index (χ2n) is 8.57. The van der Waals surface area contributed by atoms with Gasteiger partial charge < -0.3 is 9.47 Å². The van der Waals surface area contributed by atoms with Crippen molar-refractivity contribution in [1.29, 1.82) is 0 Å². The van der Waals surface area contributed by atoms with Crippen LogP contribution in [-0.2, 0) is 16.0 Å². The number of hydrogen-bond donors (Lipinski definition) is 0. The number of rotatable bonds is 7. The summed E-state index contributed by atoms with van der Waals surface area (Å²) >= 11 is 1.56. The third-order valence-electron chi connectivity index (χ3n) is 6.41. The number of nitrogens with zero attached hydrogens (tertiary/aromatic N) is 3. The summed E-state index contributed by atoms with van der Waals surface area (Å²) in [7, 11) is 1.66. The number of benzene rings is 3. The minimum absolute atomic E-state index is 0. The van der Waals surface area contributed by atoms with Crippen molar-refractivity contribution in [2.45, 2.75) is 13.3 Å². The topological polar surface area (TPSA) is 54.9 Å². The van der Waals surface area contributed by atoms with E-state index in [1.807, 2.05) is 41.3 Å². The Balaban J connectivity index is 0.00000289. The highest BCUT2D eigenvalue weighted by Crippen LogP contribution is 2.36. The summed E-state index contributed by atoms with van der Waals surface area (Å²) in [5, 5.41) is 2.99. The third kappa shape index (κ3) is 5.43. The fraction of sp³-hybridized carbons (Fsp3) is 0.333. The highest BCUT2D eigenvalue weighted by Gasteiger charge is 2.23. The lowest BCUT2D eigenvalue weighted by Gasteiger charge is -2.29. The summed E-state index contributed by atoms with van der Waals surface area (Å²) in [6, 6.07) is 18.4. The highest BCUT2D eigenvalue weighted by atomic mass is 35.5. The van der Waals surface area contributed by atoms with E-state index in [2.05, 4.69) is 30.0 Å². The zero-order chi connectivity index (χ0) is 23.5. The van der Waals surface area contributed by atoms with Gasteiger partial charge in [0.25, 0.3) is 0 Å². The Morgan fingerprint density at radius 1 is 1.11 bits per heavy atom. The molecule has 4 aromatic rings. The van der Waals surface area contributed by atoms with Crippen LogP contribution >= 0.6 is 23.7 Å². The van der Waals surface area contributed by atoms with Crippen molar-refractivity contribution in [3.05, 3.63) is 65.7 Å². The van der Waals surface area contributed by atoms with Gasteiger partial charge in [-0.3, -0.25) is 14.6 Å². The van der Waals surface area contributed by atoms with Crippen LogP contribution in [0.3, 0.4) is 0 Å². The minimum atomic E-state index is 0. The van der Waals surface area contributed by atoms with Crippen molar-refractivity contribution < 1.29 is 14.3 Å². The second kappa shape index (κ2) is 11.4. The molecule has 1 fully saturated rings. The molecule has 1 aliphatic heterocycles. The van der Waals surface area contributed by atoms with E-state index in [0.717, 1.165) is 75.8 Å². The number of ether oxygens (including phenoxy) is 2. The summed E-state index contributed by atoms with van der Waals surface area (Å²) in [5.74, 6) is 0.790. The van der Waals surface area contributed by atoms with E-state index >= 15 is 0 Å². The summed E-state index contributed by atoms with van der Waals surface area (Å²) in [6.07, 6.45) is 0.330. The summed E-state index contributed by atoms with van der Waals surface area (Å²) < 4.78 is 12.1. The van der Waals surface area contributed by atoms with Gasteiger partial charge in [-0.2, -0.15) is 0 Å². The predicted octanol–water partition coefficient (Wildman–Crippen LogP) is 5.10. The Hall–Kier alpha value is -2.71. The van der Waals surface area contributed by atoms with Crippen molar-refractivity contribution >= 4 is 55.8 Å². The lowest BCUT2D eigenvalue weighted by Crippen LogP contribution is -2.43. The van der Waals surface area contributed by atoms with E-state index in [4.69, 9.17) is 14.5 Å². The zero-order valence-electron chi connectivity index (χ0n) is 20.0. The van der Waals surface area contributed by atoms with Crippen LogP contribution in [0.4, 0.5) is 5.13 Å². The van der Waals surface area contributed by atoms with Gasteiger partial charge in [-0.1, -0.05) is 59.9 Å². The summed E-state index contributed by atoms with van der Waals surface area (Å²) in [4.78, 5) is 22.9. The van der Waals surface area contributed by atoms with Crippen LogP contribution in [0.25, 0.3) is 21.0 Å². The Kier molecular flexibility index (Phi) is 8.23. The molecule has 35 heavy (non-hydrogen) atoms. The number of carbonyl (C=O) groups is 1. The first-order chi connectivity index (χ1) is 16.6. The first-order valence-electron chi connectivity index (χ1n) is 11.7. The fourth-order valence-electron chi connectivity index (χ4n) is 4.48. The summed E-state index contributed by atoms with van der Waals surface area (Å²) in [6.45, 7) is 6.69. The van der Waals surface area contributed by atoms with Gasteiger partial charge in [-0.25, -0.2) is 4.98 Å². The van der Waals surface area contributed by atoms with Gasteiger partial charge in [-0.15, -0.1) is 12.4 Å². The van der Waals surface area contributed by atoms with Gasteiger partial charge in [-0.05, 0) is 34.9 Å². The molecule has 0 atom stereocenters. The molecule has 5 rings (SSSR count). The van der Waals surface area contributed by atoms with E-state index in [1.54, 1.807) is 18.4 Å². The number of methoxy groups -OCH3 is 1. The molecule has 1 aromatic heterocycles. The molecule has 6 nitrogen and oxygen atoms in total. The van der Waals surface area contributed by atoms with Crippen molar-refractivity contribution in [1.82, 2.24) is 9.88 Å². The van der Waals surface area contributed by atoms with Gasteiger partial charge in [0.05, 0.1) is 31.4 Å². The van der Waals surface area contributed by atoms with Crippen LogP contribution in [0.1, 0.15) is 11.1 Å². The normalized spacial score (nSPS) is 14.1. The predicted molar refractivity (Wildman–Crippen MR) is 145 cm³/mol. The van der Waals surface area contributed by atoms with Crippen LogP contribution in [0.15, 0.2) is 54.6 Å². The van der Waals surface area contributed by atoms with Crippen molar-refractivity contribution in [3.8, 4) is 5.75 Å². The lowest BCUT2D eigenvalue weighted by molar-refractivity contribution is -0.118. The molecule has 0 N–H and O–H groups in total. The van der Waals surface area contributed by atoms with Crippen LogP contribution in [0.2, 0.25) is 0 Å². The highest BCUT2D eigenvalue weighted by molar-refractivity contribution is 7.22. The number of amides is 1. The van der Waals surface area contributed by atoms with Gasteiger partial charge in [0.1, 0.15) is 11.3 Å². The second-order valence-corrected chi connectivity index (χ2v) is 9.55. The van der Waals surface area contributed by atoms with Gasteiger partial charge in [0.15, 0.2) is 5.13 Å². The number of thiazole rings is 1. The Morgan fingerprint density at radius 3 is 2.69 bits per heavy atom. The number of carbonyl (C=O) groups excluding carboxylic acids is 1. The standard InChI is InChI=1S/C27H29N3O3S.ClH/c1-19-10-11-23(32-2)25-26(19)34-27(28-25)30(13-12-29-14-16-33-17-15-29)24(31)18-21-8-5-7-20-6-3-4-9-22(20)21;/h3-11H,12-18H2,1-2H3;1H. The molecule has 1 aliphatic rings. The molecule has 0 radical (unpaired) electrons. The molecule has 0 bridgehead atoms. The van der Waals surface area contributed by atoms with Crippen molar-refractivity contribution in [3.63, 3.8) is 0 Å². The first-order valence-corrected chi connectivity index (χ1v) is 12.5. The molecule has 1 saturated heterocycles. The van der Waals surface area contributed by atoms with Crippen LogP contribution in [-0.4, -0.2) is 62.3 Å². The molecule has 1 amide bonds. The molecule has 184 valence electrons. The summed E-state index contributed by atoms with van der Waals surface area (Å²) in [5.41, 5.74) is 2.99. The molecule has 3 aromatic carbocycles. The van der Waals surface area contributed by atoms with E-state index in [9.17, 15) is 4.79 Å². The van der Waals surface area contributed by atoms with E-state index in [1.165, 1.54) is 0 Å². The molecule has 0 spiro atoms. The number of fused-ring (bicyclic) bond motifs is 2. The Morgan fingerprint density at radius 2 is 1.89 bits per heavy atom. The average molecular weight is 512 g/mol. The number of hydrogen-bond acceptors (Lipinski definition) is 6. The molecular weight excluding hydrogens is 482 g/mol. The van der Waals surface area contributed by atoms with Gasteiger partial charge in [0.2, 0.25) is 5.91 Å². The van der Waals surface area contributed by atoms with E-state index < -0.39 is 0 Å². The van der Waals surface area contributed by atoms with Gasteiger partial charge in [0, 0.05) is 26.2 Å². The number of aryl methyl sites for hydroxylation is 1. The molecule has 2 heterocycles. The zero-order valence-corrected chi connectivity index (χ0v) is 21.7. The van der Waals surface area contributed by atoms with Crippen LogP contribution in [0.5, 0.6) is 5.75 Å². The third-order valence-corrected chi connectivity index (χ3v) is 7.62. The number of morpholine rings is 1. The maximum absolute atomic E-state index is 13.8.